The number of benzene rings is 4. The number of nitrogens with one attached hydrogen (secondary N) is 2. The van der Waals surface area contributed by atoms with E-state index in [0.717, 1.165) is 22.3 Å². The third kappa shape index (κ3) is 14.9. The fourth-order valence-electron chi connectivity index (χ4n) is 7.43. The monoisotopic (exact) mass is 854 g/mol. The van der Waals surface area contributed by atoms with Crippen molar-refractivity contribution in [3.8, 4) is 0 Å². The summed E-state index contributed by atoms with van der Waals surface area (Å²) >= 11 is 0. The van der Waals surface area contributed by atoms with Crippen LogP contribution < -0.4 is 10.6 Å². The molecular formula is C48H58N2O12. The number of carbonyl (C=O) groups excluding carboxylic acids is 4. The van der Waals surface area contributed by atoms with Gasteiger partial charge in [0.2, 0.25) is 0 Å². The normalized spacial score (nSPS) is 22.6. The second-order valence-corrected chi connectivity index (χ2v) is 15.4. The molecule has 62 heavy (non-hydrogen) atoms. The first kappa shape index (κ1) is 47.6. The Morgan fingerprint density at radius 1 is 0.645 bits per heavy atom. The molecule has 0 saturated carbocycles. The van der Waals surface area contributed by atoms with Gasteiger partial charge in [-0.3, -0.25) is 9.59 Å². The van der Waals surface area contributed by atoms with E-state index < -0.39 is 48.7 Å². The van der Waals surface area contributed by atoms with Crippen LogP contribution in [0.25, 0.3) is 0 Å². The van der Waals surface area contributed by atoms with Gasteiger partial charge in [0.25, 0.3) is 0 Å². The zero-order valence-electron chi connectivity index (χ0n) is 35.4. The van der Waals surface area contributed by atoms with Crippen LogP contribution in [0.2, 0.25) is 0 Å². The number of methoxy groups -OCH3 is 2. The van der Waals surface area contributed by atoms with Gasteiger partial charge in [0.05, 0.1) is 30.9 Å². The van der Waals surface area contributed by atoms with E-state index in [1.165, 1.54) is 7.11 Å². The van der Waals surface area contributed by atoms with E-state index in [9.17, 15) is 29.4 Å². The number of alkyl carbamates (subject to hydrolysis) is 2. The van der Waals surface area contributed by atoms with Crippen molar-refractivity contribution < 1.29 is 57.8 Å². The summed E-state index contributed by atoms with van der Waals surface area (Å²) in [6.07, 6.45) is -2.81. The lowest BCUT2D eigenvalue weighted by Crippen LogP contribution is -2.44. The zero-order chi connectivity index (χ0) is 44.3. The van der Waals surface area contributed by atoms with Gasteiger partial charge in [-0.15, -0.1) is 0 Å². The van der Waals surface area contributed by atoms with Crippen molar-refractivity contribution in [2.75, 3.05) is 20.8 Å². The lowest BCUT2D eigenvalue weighted by Gasteiger charge is -2.22. The van der Waals surface area contributed by atoms with Crippen molar-refractivity contribution in [2.45, 2.75) is 95.2 Å². The van der Waals surface area contributed by atoms with Gasteiger partial charge in [-0.05, 0) is 47.9 Å². The smallest absolute Gasteiger partial charge is 0.408 e. The number of carbonyl (C=O) groups is 4. The molecule has 2 fully saturated rings. The third-order valence-electron chi connectivity index (χ3n) is 11.0. The molecule has 14 nitrogen and oxygen atoms in total. The number of ether oxygens (including phenoxy) is 6. The first-order valence-corrected chi connectivity index (χ1v) is 20.8. The molecule has 2 saturated heterocycles. The number of aliphatic hydroxyl groups is 2. The molecular weight excluding hydrogens is 797 g/mol. The maximum absolute atomic E-state index is 13.2. The third-order valence-corrected chi connectivity index (χ3v) is 11.0. The number of ketones is 2. The first-order chi connectivity index (χ1) is 30.1. The molecule has 332 valence electrons. The van der Waals surface area contributed by atoms with Crippen LogP contribution in [0.15, 0.2) is 121 Å². The molecule has 1 unspecified atom stereocenters. The van der Waals surface area contributed by atoms with Gasteiger partial charge in [0.15, 0.2) is 24.1 Å². The Morgan fingerprint density at radius 3 is 1.48 bits per heavy atom. The zero-order valence-corrected chi connectivity index (χ0v) is 35.4. The Labute approximate surface area is 362 Å². The van der Waals surface area contributed by atoms with Crippen LogP contribution in [0, 0.1) is 11.8 Å². The highest BCUT2D eigenvalue weighted by Gasteiger charge is 2.45. The minimum absolute atomic E-state index is 0.0345. The second kappa shape index (κ2) is 24.8. The van der Waals surface area contributed by atoms with Gasteiger partial charge < -0.3 is 49.3 Å². The Bertz CT molecular complexity index is 1950. The van der Waals surface area contributed by atoms with Gasteiger partial charge in [-0.1, -0.05) is 121 Å². The number of hydrogen-bond acceptors (Lipinski definition) is 12. The van der Waals surface area contributed by atoms with Crippen molar-refractivity contribution in [3.63, 3.8) is 0 Å². The van der Waals surface area contributed by atoms with Gasteiger partial charge in [0, 0.05) is 39.4 Å². The average molecular weight is 855 g/mol. The number of amides is 2. The van der Waals surface area contributed by atoms with E-state index in [0.29, 0.717) is 19.3 Å². The van der Waals surface area contributed by atoms with E-state index in [1.807, 2.05) is 128 Å². The Morgan fingerprint density at radius 2 is 1.08 bits per heavy atom. The quantitative estimate of drug-likeness (QED) is 0.0902. The average Bonchev–Trinajstić information content (AvgIpc) is 3.82. The summed E-state index contributed by atoms with van der Waals surface area (Å²) in [5.74, 6) is -0.929. The molecule has 6 rings (SSSR count). The highest BCUT2D eigenvalue weighted by atomic mass is 16.7. The molecule has 4 aromatic rings. The predicted octanol–water partition coefficient (Wildman–Crippen LogP) is 5.70. The molecule has 2 heterocycles. The fraction of sp³-hybridized carbons (Fsp3) is 0.417. The summed E-state index contributed by atoms with van der Waals surface area (Å²) in [6, 6.07) is 36.1. The summed E-state index contributed by atoms with van der Waals surface area (Å²) in [5.41, 5.74) is 3.56. The molecule has 2 amide bonds. The van der Waals surface area contributed by atoms with Gasteiger partial charge in [0.1, 0.15) is 19.3 Å². The SMILES string of the molecule is CO[C@@H]1O[C@H](CO)[C@H](CC(=O)[C@H](Cc2ccccc2)NC(=O)OCc2ccccc2)C1O.CO[C@H]1C[C@@H](CC(=O)[C@H](Cc2ccccc2)NC(=O)OCc2ccccc2)[C@@H](C)O1. The van der Waals surface area contributed by atoms with Crippen LogP contribution in [0.4, 0.5) is 9.59 Å². The molecule has 0 bridgehead atoms. The molecule has 14 heteroatoms. The summed E-state index contributed by atoms with van der Waals surface area (Å²) in [4.78, 5) is 51.1. The summed E-state index contributed by atoms with van der Waals surface area (Å²) < 4.78 is 32.1. The molecule has 0 spiro atoms. The molecule has 0 aromatic heterocycles. The van der Waals surface area contributed by atoms with E-state index in [2.05, 4.69) is 10.6 Å². The van der Waals surface area contributed by atoms with Crippen LogP contribution in [0.1, 0.15) is 48.4 Å². The van der Waals surface area contributed by atoms with Gasteiger partial charge in [-0.2, -0.15) is 0 Å². The summed E-state index contributed by atoms with van der Waals surface area (Å²) in [7, 11) is 2.99. The van der Waals surface area contributed by atoms with E-state index in [1.54, 1.807) is 7.11 Å². The van der Waals surface area contributed by atoms with E-state index in [4.69, 9.17) is 28.4 Å². The summed E-state index contributed by atoms with van der Waals surface area (Å²) in [5, 5.41) is 25.4. The minimum Gasteiger partial charge on any atom is -0.445 e. The Kier molecular flexibility index (Phi) is 19.1. The number of aliphatic hydroxyl groups excluding tert-OH is 2. The lowest BCUT2D eigenvalue weighted by atomic mass is 9.89. The molecule has 2 aliphatic heterocycles. The van der Waals surface area contributed by atoms with Crippen molar-refractivity contribution in [1.29, 1.82) is 0 Å². The Hall–Kier alpha value is -5.48. The van der Waals surface area contributed by atoms with E-state index >= 15 is 0 Å². The van der Waals surface area contributed by atoms with Crippen LogP contribution in [0.5, 0.6) is 0 Å². The van der Waals surface area contributed by atoms with Crippen LogP contribution in [-0.4, -0.2) is 97.8 Å². The predicted molar refractivity (Wildman–Crippen MR) is 228 cm³/mol. The first-order valence-electron chi connectivity index (χ1n) is 20.8. The Balaban J connectivity index is 0.000000235. The van der Waals surface area contributed by atoms with Gasteiger partial charge in [-0.25, -0.2) is 9.59 Å². The van der Waals surface area contributed by atoms with Gasteiger partial charge >= 0.3 is 12.2 Å². The minimum atomic E-state index is -1.07. The summed E-state index contributed by atoms with van der Waals surface area (Å²) in [6.45, 7) is 1.83. The molecule has 0 aliphatic carbocycles. The highest BCUT2D eigenvalue weighted by Crippen LogP contribution is 2.32. The lowest BCUT2D eigenvalue weighted by molar-refractivity contribution is -0.153. The van der Waals surface area contributed by atoms with Crippen LogP contribution in [-0.2, 0) is 64.1 Å². The van der Waals surface area contributed by atoms with Crippen molar-refractivity contribution in [1.82, 2.24) is 10.6 Å². The van der Waals surface area contributed by atoms with Crippen molar-refractivity contribution in [3.05, 3.63) is 144 Å². The molecule has 4 aromatic carbocycles. The number of rotatable bonds is 19. The maximum Gasteiger partial charge on any atom is 0.408 e. The largest absolute Gasteiger partial charge is 0.445 e. The topological polar surface area (TPSA) is 188 Å². The molecule has 2 aliphatic rings. The number of Topliss-reactive ketones (excluding diaryl/α,β-unsaturated/α-hetero) is 2. The maximum atomic E-state index is 13.2. The molecule has 0 radical (unpaired) electrons. The molecule has 9 atom stereocenters. The second-order valence-electron chi connectivity index (χ2n) is 15.4. The van der Waals surface area contributed by atoms with Crippen molar-refractivity contribution >= 4 is 23.8 Å². The fourth-order valence-corrected chi connectivity index (χ4v) is 7.43. The van der Waals surface area contributed by atoms with Crippen LogP contribution in [0.3, 0.4) is 0 Å². The van der Waals surface area contributed by atoms with Crippen molar-refractivity contribution in [2.24, 2.45) is 11.8 Å². The standard InChI is InChI=1S/C24H29NO7.C24H29NO5/c1-30-23-22(28)18(21(14-26)32-23)13-20(27)19(12-16-8-4-2-5-9-16)25-24(29)31-15-17-10-6-3-7-11-17;1-17-20(15-23(28-2)30-17)14-22(26)21(13-18-9-5-3-6-10-18)25-24(27)29-16-19-11-7-4-8-12-19/h2-11,18-19,21-23,26,28H,12-15H2,1H3,(H,25,29);3-12,17,20-21,23H,13-16H2,1-2H3,(H,25,27)/t18-,19-,21+,22?,23+;17-,20-,21+,23-/m01/s1. The van der Waals surface area contributed by atoms with E-state index in [-0.39, 0.29) is 62.5 Å². The number of hydrogen-bond donors (Lipinski definition) is 4. The van der Waals surface area contributed by atoms with Crippen LogP contribution >= 0.6 is 0 Å². The highest BCUT2D eigenvalue weighted by molar-refractivity contribution is 5.88. The molecule has 4 N–H and O–H groups in total.